The number of benzene rings is 1. The third-order valence-electron chi connectivity index (χ3n) is 1.90. The highest BCUT2D eigenvalue weighted by molar-refractivity contribution is 7.85. The Hall–Kier alpha value is -1.51. The van der Waals surface area contributed by atoms with Crippen molar-refractivity contribution in [2.75, 3.05) is 5.75 Å². The molecule has 82 valence electrons. The van der Waals surface area contributed by atoms with Crippen molar-refractivity contribution < 1.29 is 4.21 Å². The van der Waals surface area contributed by atoms with Crippen LogP contribution < -0.4 is 0 Å². The van der Waals surface area contributed by atoms with Gasteiger partial charge in [-0.15, -0.1) is 11.8 Å². The number of rotatable bonds is 3. The normalized spacial score (nSPS) is 10.6. The molecule has 0 spiro atoms. The first-order valence-electron chi connectivity index (χ1n) is 5.13. The molecular formula is C14H14OS. The molecule has 1 nitrogen and oxygen atoms in total. The van der Waals surface area contributed by atoms with Gasteiger partial charge < -0.3 is 0 Å². The Kier molecular flexibility index (Phi) is 6.07. The zero-order valence-electron chi connectivity index (χ0n) is 9.32. The summed E-state index contributed by atoms with van der Waals surface area (Å²) in [5.74, 6) is 12.2. The Morgan fingerprint density at radius 3 is 2.56 bits per heavy atom. The lowest BCUT2D eigenvalue weighted by atomic mass is 10.4. The van der Waals surface area contributed by atoms with Crippen LogP contribution in [0.15, 0.2) is 35.2 Å². The molecule has 0 bridgehead atoms. The highest BCUT2D eigenvalue weighted by Gasteiger charge is 2.00. The quantitative estimate of drug-likeness (QED) is 0.729. The number of hydrogen-bond acceptors (Lipinski definition) is 1. The van der Waals surface area contributed by atoms with E-state index >= 15 is 0 Å². The van der Waals surface area contributed by atoms with Crippen LogP contribution in [0, 0.1) is 23.7 Å². The molecule has 16 heavy (non-hydrogen) atoms. The van der Waals surface area contributed by atoms with Crippen LogP contribution in [0.2, 0.25) is 0 Å². The van der Waals surface area contributed by atoms with Gasteiger partial charge in [-0.25, -0.2) is 0 Å². The van der Waals surface area contributed by atoms with Gasteiger partial charge in [0.2, 0.25) is 0 Å². The van der Waals surface area contributed by atoms with Gasteiger partial charge in [-0.3, -0.25) is 4.21 Å². The fraction of sp³-hybridized carbons (Fsp3) is 0.286. The zero-order valence-corrected chi connectivity index (χ0v) is 10.1. The summed E-state index contributed by atoms with van der Waals surface area (Å²) >= 11 is 0. The molecule has 0 aromatic heterocycles. The van der Waals surface area contributed by atoms with Gasteiger partial charge in [0.25, 0.3) is 0 Å². The minimum Gasteiger partial charge on any atom is -0.254 e. The monoisotopic (exact) mass is 230 g/mol. The highest BCUT2D eigenvalue weighted by Crippen LogP contribution is 2.05. The molecule has 0 saturated heterocycles. The average Bonchev–Trinajstić information content (AvgIpc) is 2.34. The second kappa shape index (κ2) is 7.74. The molecule has 0 fully saturated rings. The SMILES string of the molecule is CC#CCC#CCCS(=O)c1ccccc1. The molecule has 0 N–H and O–H groups in total. The molecule has 0 heterocycles. The maximum absolute atomic E-state index is 11.7. The first-order valence-corrected chi connectivity index (χ1v) is 6.45. The van der Waals surface area contributed by atoms with Gasteiger partial charge in [0.05, 0.1) is 17.2 Å². The van der Waals surface area contributed by atoms with Gasteiger partial charge in [0.1, 0.15) is 0 Å². The van der Waals surface area contributed by atoms with E-state index in [4.69, 9.17) is 0 Å². The molecule has 1 rings (SSSR count). The lowest BCUT2D eigenvalue weighted by Crippen LogP contribution is -1.96. The van der Waals surface area contributed by atoms with E-state index in [0.717, 1.165) is 4.90 Å². The molecule has 1 atom stereocenters. The minimum absolute atomic E-state index is 0.594. The van der Waals surface area contributed by atoms with Crippen LogP contribution >= 0.6 is 0 Å². The average molecular weight is 230 g/mol. The number of hydrogen-bond donors (Lipinski definition) is 0. The maximum atomic E-state index is 11.7. The largest absolute Gasteiger partial charge is 0.254 e. The van der Waals surface area contributed by atoms with Crippen molar-refractivity contribution in [1.29, 1.82) is 0 Å². The van der Waals surface area contributed by atoms with Crippen LogP contribution in [0.5, 0.6) is 0 Å². The summed E-state index contributed by atoms with van der Waals surface area (Å²) in [6.07, 6.45) is 1.27. The topological polar surface area (TPSA) is 17.1 Å². The van der Waals surface area contributed by atoms with E-state index in [2.05, 4.69) is 23.7 Å². The highest BCUT2D eigenvalue weighted by atomic mass is 32.2. The molecule has 0 saturated carbocycles. The Morgan fingerprint density at radius 2 is 1.88 bits per heavy atom. The summed E-state index contributed by atoms with van der Waals surface area (Å²) in [6, 6.07) is 9.48. The van der Waals surface area contributed by atoms with E-state index in [0.29, 0.717) is 18.6 Å². The van der Waals surface area contributed by atoms with E-state index < -0.39 is 10.8 Å². The Morgan fingerprint density at radius 1 is 1.12 bits per heavy atom. The maximum Gasteiger partial charge on any atom is 0.0702 e. The van der Waals surface area contributed by atoms with Crippen molar-refractivity contribution in [1.82, 2.24) is 0 Å². The van der Waals surface area contributed by atoms with Gasteiger partial charge in [0, 0.05) is 17.1 Å². The van der Waals surface area contributed by atoms with Crippen LogP contribution in [0.1, 0.15) is 19.8 Å². The zero-order chi connectivity index (χ0) is 11.6. The smallest absolute Gasteiger partial charge is 0.0702 e. The Labute approximate surface area is 99.7 Å². The second-order valence-electron chi connectivity index (χ2n) is 3.07. The van der Waals surface area contributed by atoms with Crippen LogP contribution in [0.4, 0.5) is 0 Å². The summed E-state index contributed by atoms with van der Waals surface area (Å²) in [5.41, 5.74) is 0. The lowest BCUT2D eigenvalue weighted by Gasteiger charge is -1.97. The summed E-state index contributed by atoms with van der Waals surface area (Å²) in [4.78, 5) is 0.873. The van der Waals surface area contributed by atoms with E-state index in [1.165, 1.54) is 0 Å². The van der Waals surface area contributed by atoms with Gasteiger partial charge in [-0.05, 0) is 19.1 Å². The fourth-order valence-electron chi connectivity index (χ4n) is 1.12. The summed E-state index contributed by atoms with van der Waals surface area (Å²) < 4.78 is 11.7. The minimum atomic E-state index is -0.929. The van der Waals surface area contributed by atoms with E-state index in [1.807, 2.05) is 30.3 Å². The summed E-state index contributed by atoms with van der Waals surface area (Å²) in [5, 5.41) is 0. The van der Waals surface area contributed by atoms with Crippen molar-refractivity contribution >= 4 is 10.8 Å². The summed E-state index contributed by atoms with van der Waals surface area (Å²) in [7, 11) is -0.929. The van der Waals surface area contributed by atoms with Gasteiger partial charge in [0.15, 0.2) is 0 Å². The molecular weight excluding hydrogens is 216 g/mol. The van der Waals surface area contributed by atoms with Crippen LogP contribution in [-0.4, -0.2) is 9.96 Å². The second-order valence-corrected chi connectivity index (χ2v) is 4.64. The third kappa shape index (κ3) is 4.82. The third-order valence-corrected chi connectivity index (χ3v) is 3.27. The fourth-order valence-corrected chi connectivity index (χ4v) is 2.10. The first-order chi connectivity index (χ1) is 7.84. The van der Waals surface area contributed by atoms with Crippen molar-refractivity contribution in [3.8, 4) is 23.7 Å². The molecule has 0 aliphatic heterocycles. The van der Waals surface area contributed by atoms with Crippen molar-refractivity contribution in [3.05, 3.63) is 30.3 Å². The van der Waals surface area contributed by atoms with Crippen LogP contribution in [0.3, 0.4) is 0 Å². The predicted octanol–water partition coefficient (Wildman–Crippen LogP) is 2.60. The molecule has 0 aliphatic rings. The van der Waals surface area contributed by atoms with Gasteiger partial charge >= 0.3 is 0 Å². The van der Waals surface area contributed by atoms with Crippen molar-refractivity contribution in [2.45, 2.75) is 24.7 Å². The predicted molar refractivity (Wildman–Crippen MR) is 68.2 cm³/mol. The van der Waals surface area contributed by atoms with Crippen LogP contribution in [0.25, 0.3) is 0 Å². The van der Waals surface area contributed by atoms with Crippen molar-refractivity contribution in [2.24, 2.45) is 0 Å². The molecule has 1 unspecified atom stereocenters. The molecule has 0 aliphatic carbocycles. The van der Waals surface area contributed by atoms with E-state index in [-0.39, 0.29) is 0 Å². The van der Waals surface area contributed by atoms with Crippen molar-refractivity contribution in [3.63, 3.8) is 0 Å². The van der Waals surface area contributed by atoms with Gasteiger partial charge in [-0.2, -0.15) is 0 Å². The lowest BCUT2D eigenvalue weighted by molar-refractivity contribution is 0.683. The standard InChI is InChI=1S/C14H14OS/c1-2-3-4-5-6-10-13-16(15)14-11-8-7-9-12-14/h7-9,11-12H,4,10,13H2,1H3. The Balaban J connectivity index is 2.35. The summed E-state index contributed by atoms with van der Waals surface area (Å²) in [6.45, 7) is 1.80. The van der Waals surface area contributed by atoms with Gasteiger partial charge in [-0.1, -0.05) is 30.0 Å². The first kappa shape index (κ1) is 12.6. The molecule has 2 heteroatoms. The molecule has 1 aromatic carbocycles. The van der Waals surface area contributed by atoms with Crippen LogP contribution in [-0.2, 0) is 10.8 Å². The Bertz CT molecular complexity index is 454. The molecule has 0 amide bonds. The van der Waals surface area contributed by atoms with E-state index in [9.17, 15) is 4.21 Å². The molecule has 0 radical (unpaired) electrons. The molecule has 1 aromatic rings. The van der Waals surface area contributed by atoms with E-state index in [1.54, 1.807) is 6.92 Å².